The predicted molar refractivity (Wildman–Crippen MR) is 186 cm³/mol. The Kier molecular flexibility index (Phi) is 14.0. The molecule has 0 saturated carbocycles. The van der Waals surface area contributed by atoms with Crippen LogP contribution >= 0.6 is 0 Å². The number of likely N-dealkylation sites (tertiary alicyclic amines) is 1. The maximum absolute atomic E-state index is 16.1. The fraction of sp³-hybridized carbons (Fsp3) is 0.833. The van der Waals surface area contributed by atoms with Gasteiger partial charge in [0.15, 0.2) is 12.2 Å². The van der Waals surface area contributed by atoms with Crippen molar-refractivity contribution in [2.75, 3.05) is 59.4 Å². The number of carbonyl (C=O) groups excluding carboxylic acids is 2. The van der Waals surface area contributed by atoms with Crippen molar-refractivity contribution in [3.63, 3.8) is 0 Å². The van der Waals surface area contributed by atoms with E-state index in [1.807, 2.05) is 23.8 Å². The van der Waals surface area contributed by atoms with E-state index in [1.165, 1.54) is 0 Å². The Bertz CT molecular complexity index is 1210. The summed E-state index contributed by atoms with van der Waals surface area (Å²) < 4.78 is 32.9. The summed E-state index contributed by atoms with van der Waals surface area (Å²) in [6.45, 7) is 12.6. The zero-order valence-corrected chi connectivity index (χ0v) is 30.2. The van der Waals surface area contributed by atoms with Gasteiger partial charge in [0.2, 0.25) is 23.5 Å². The summed E-state index contributed by atoms with van der Waals surface area (Å²) in [5, 5.41) is 6.56. The third kappa shape index (κ3) is 9.44. The van der Waals surface area contributed by atoms with E-state index in [2.05, 4.69) is 42.2 Å². The second kappa shape index (κ2) is 17.5. The molecule has 6 N–H and O–H groups in total. The van der Waals surface area contributed by atoms with Crippen LogP contribution in [0.1, 0.15) is 91.9 Å². The Hall–Kier alpha value is -2.37. The van der Waals surface area contributed by atoms with Crippen LogP contribution in [-0.4, -0.2) is 121 Å². The van der Waals surface area contributed by atoms with Crippen molar-refractivity contribution in [1.82, 2.24) is 25.3 Å². The largest absolute Gasteiger partial charge is 0.367 e. The summed E-state index contributed by atoms with van der Waals surface area (Å²) >= 11 is 0. The summed E-state index contributed by atoms with van der Waals surface area (Å²) in [4.78, 5) is 33.7. The minimum atomic E-state index is -1.33. The summed E-state index contributed by atoms with van der Waals surface area (Å²) in [6.07, 6.45) is 5.88. The number of allylic oxidation sites excluding steroid dienone is 1. The number of nitrogens with two attached hydrogens (primary N) is 2. The molecule has 0 spiro atoms. The second-order valence-electron chi connectivity index (χ2n) is 15.0. The number of nitrogens with one attached hydrogen (secondary N) is 2. The molecular formula is C36H63F2N8O2+. The number of alkyl halides is 1. The van der Waals surface area contributed by atoms with Gasteiger partial charge in [-0.3, -0.25) is 9.59 Å². The molecular weight excluding hydrogens is 614 g/mol. The molecule has 0 radical (unpaired) electrons. The van der Waals surface area contributed by atoms with Crippen molar-refractivity contribution in [2.45, 2.75) is 116 Å². The molecule has 4 aliphatic heterocycles. The molecule has 0 bridgehead atoms. The second-order valence-corrected chi connectivity index (χ2v) is 15.0. The van der Waals surface area contributed by atoms with E-state index in [9.17, 15) is 9.59 Å². The molecule has 10 nitrogen and oxygen atoms in total. The molecule has 0 aromatic heterocycles. The van der Waals surface area contributed by atoms with Crippen LogP contribution in [0.25, 0.3) is 0 Å². The Balaban J connectivity index is 1.66. The number of piperazine rings is 1. The minimum absolute atomic E-state index is 0.0312. The van der Waals surface area contributed by atoms with Crippen molar-refractivity contribution in [1.29, 1.82) is 0 Å². The molecule has 4 heterocycles. The van der Waals surface area contributed by atoms with Gasteiger partial charge in [0.05, 0.1) is 23.5 Å². The van der Waals surface area contributed by atoms with Gasteiger partial charge in [0.25, 0.3) is 0 Å². The monoisotopic (exact) mass is 678 g/mol. The average molecular weight is 678 g/mol. The number of rotatable bonds is 13. The van der Waals surface area contributed by atoms with Gasteiger partial charge in [-0.1, -0.05) is 52.9 Å². The maximum atomic E-state index is 16.1. The topological polar surface area (TPSA) is 123 Å². The third-order valence-corrected chi connectivity index (χ3v) is 11.3. The molecule has 0 aliphatic carbocycles. The molecule has 0 aromatic rings. The number of unbranched alkanes of at least 4 members (excludes halogenated alkanes) is 3. The van der Waals surface area contributed by atoms with Crippen LogP contribution in [0, 0.1) is 17.3 Å². The quantitative estimate of drug-likeness (QED) is 0.134. The Morgan fingerprint density at radius 2 is 1.83 bits per heavy atom. The summed E-state index contributed by atoms with van der Waals surface area (Å²) in [5.41, 5.74) is 13.7. The van der Waals surface area contributed by atoms with Gasteiger partial charge < -0.3 is 36.8 Å². The number of nitrogens with zero attached hydrogens (tertiary/aromatic N) is 4. The predicted octanol–water partition coefficient (Wildman–Crippen LogP) is 3.07. The first-order valence-electron chi connectivity index (χ1n) is 18.6. The third-order valence-electron chi connectivity index (χ3n) is 11.3. The molecule has 5 unspecified atom stereocenters. The van der Waals surface area contributed by atoms with Crippen molar-refractivity contribution in [2.24, 2.45) is 28.7 Å². The first-order chi connectivity index (χ1) is 22.9. The molecule has 12 heteroatoms. The molecule has 2 amide bonds. The van der Waals surface area contributed by atoms with Gasteiger partial charge in [-0.15, -0.1) is 0 Å². The lowest BCUT2D eigenvalue weighted by Crippen LogP contribution is -2.60. The van der Waals surface area contributed by atoms with Crippen LogP contribution in [-0.2, 0) is 9.59 Å². The Morgan fingerprint density at radius 1 is 1.12 bits per heavy atom. The summed E-state index contributed by atoms with van der Waals surface area (Å²) in [6, 6.07) is -0.742. The molecule has 4 rings (SSSR count). The van der Waals surface area contributed by atoms with E-state index in [0.717, 1.165) is 58.0 Å². The highest BCUT2D eigenvalue weighted by atomic mass is 19.1. The highest BCUT2D eigenvalue weighted by Gasteiger charge is 2.45. The smallest absolute Gasteiger partial charge is 0.237 e. The molecule has 272 valence electrons. The van der Waals surface area contributed by atoms with Gasteiger partial charge in [-0.2, -0.15) is 8.97 Å². The number of halogens is 2. The van der Waals surface area contributed by atoms with Crippen LogP contribution in [0.2, 0.25) is 0 Å². The standard InChI is InChI=1S/C36H62F2N8O2/c1-6-9-10-11-14-28-31(32(27(38)21-41-28)45-16-18-46(19-17-45)35(48)25-22-43(5)23-25)42-34(47)30(33(39)40)29-20-36(4,7-2)15-12-13-26(37)24-44(29)8-3/h25,27-30,33,41H,6-23,39-40H2,1-5H3/p+1. The summed E-state index contributed by atoms with van der Waals surface area (Å²) in [7, 11) is 2.01. The number of hydrogen-bond acceptors (Lipinski definition) is 7. The van der Waals surface area contributed by atoms with Crippen LogP contribution in [0.15, 0.2) is 17.2 Å². The SMILES string of the molecule is CCCCCCC1NCC(F)C(N2CCN(C(=O)C3CN(C)C3)CC2)=C1NC(=O)C(C(N)N)C1CC(C)(CC)CCCC(F)=C=[N+]1CC. The Morgan fingerprint density at radius 3 is 2.44 bits per heavy atom. The highest BCUT2D eigenvalue weighted by Crippen LogP contribution is 2.38. The molecule has 5 atom stereocenters. The fourth-order valence-electron chi connectivity index (χ4n) is 8.07. The zero-order valence-electron chi connectivity index (χ0n) is 30.2. The van der Waals surface area contributed by atoms with Gasteiger partial charge in [-0.25, -0.2) is 4.39 Å². The minimum Gasteiger partial charge on any atom is -0.367 e. The van der Waals surface area contributed by atoms with E-state index in [1.54, 1.807) is 4.58 Å². The number of hydrogen-bond donors (Lipinski definition) is 4. The lowest BCUT2D eigenvalue weighted by molar-refractivity contribution is -0.567. The zero-order chi connectivity index (χ0) is 35.0. The Labute approximate surface area is 287 Å². The van der Waals surface area contributed by atoms with E-state index in [4.69, 9.17) is 11.5 Å². The molecule has 2 saturated heterocycles. The van der Waals surface area contributed by atoms with Crippen molar-refractivity contribution in [3.05, 3.63) is 17.2 Å². The normalized spacial score (nSPS) is 28.7. The first-order valence-corrected chi connectivity index (χ1v) is 18.6. The number of amides is 2. The summed E-state index contributed by atoms with van der Waals surface area (Å²) in [5.74, 6) is 1.53. The van der Waals surface area contributed by atoms with Crippen molar-refractivity contribution in [3.8, 4) is 0 Å². The van der Waals surface area contributed by atoms with E-state index >= 15 is 8.78 Å². The van der Waals surface area contributed by atoms with E-state index in [-0.39, 0.29) is 41.6 Å². The average Bonchev–Trinajstić information content (AvgIpc) is 3.10. The fourth-order valence-corrected chi connectivity index (χ4v) is 8.07. The van der Waals surface area contributed by atoms with Crippen LogP contribution in [0.5, 0.6) is 0 Å². The molecule has 2 fully saturated rings. The lowest BCUT2D eigenvalue weighted by Gasteiger charge is -2.44. The van der Waals surface area contributed by atoms with Crippen LogP contribution in [0.3, 0.4) is 0 Å². The van der Waals surface area contributed by atoms with Crippen molar-refractivity contribution < 1.29 is 22.9 Å². The van der Waals surface area contributed by atoms with E-state index < -0.39 is 24.3 Å². The van der Waals surface area contributed by atoms with Gasteiger partial charge in [0.1, 0.15) is 12.5 Å². The molecule has 4 aliphatic rings. The van der Waals surface area contributed by atoms with Gasteiger partial charge in [0, 0.05) is 64.7 Å². The van der Waals surface area contributed by atoms with Crippen LogP contribution in [0.4, 0.5) is 8.78 Å². The van der Waals surface area contributed by atoms with Gasteiger partial charge in [-0.05, 0) is 38.6 Å². The lowest BCUT2D eigenvalue weighted by atomic mass is 9.74. The van der Waals surface area contributed by atoms with Gasteiger partial charge >= 0.3 is 0 Å². The highest BCUT2D eigenvalue weighted by molar-refractivity contribution is 5.82. The maximum Gasteiger partial charge on any atom is 0.237 e. The number of carbonyl (C=O) groups is 2. The van der Waals surface area contributed by atoms with Crippen molar-refractivity contribution >= 4 is 17.7 Å². The molecule has 48 heavy (non-hydrogen) atoms. The van der Waals surface area contributed by atoms with E-state index in [0.29, 0.717) is 63.4 Å². The first kappa shape index (κ1) is 38.4. The molecule has 0 aromatic carbocycles. The van der Waals surface area contributed by atoms with Crippen LogP contribution < -0.4 is 22.1 Å².